The molecule has 3 rings (SSSR count). The maximum atomic E-state index is 4.63. The van der Waals surface area contributed by atoms with Gasteiger partial charge in [0.15, 0.2) is 0 Å². The fourth-order valence-corrected chi connectivity index (χ4v) is 2.58. The lowest BCUT2D eigenvalue weighted by molar-refractivity contribution is 0.328. The Labute approximate surface area is 103 Å². The van der Waals surface area contributed by atoms with Crippen molar-refractivity contribution in [1.82, 2.24) is 14.3 Å². The van der Waals surface area contributed by atoms with E-state index in [1.54, 1.807) is 0 Å². The summed E-state index contributed by atoms with van der Waals surface area (Å²) in [6.07, 6.45) is 6.83. The van der Waals surface area contributed by atoms with Crippen molar-refractivity contribution in [3.63, 3.8) is 0 Å². The summed E-state index contributed by atoms with van der Waals surface area (Å²) in [5, 5.41) is 0. The Morgan fingerprint density at radius 2 is 2.12 bits per heavy atom. The Kier molecular flexibility index (Phi) is 2.69. The maximum absolute atomic E-state index is 4.63. The maximum Gasteiger partial charge on any atom is 0.138 e. The van der Waals surface area contributed by atoms with Gasteiger partial charge in [0.1, 0.15) is 5.65 Å². The molecule has 1 fully saturated rings. The summed E-state index contributed by atoms with van der Waals surface area (Å²) in [6, 6.07) is 4.09. The first-order chi connectivity index (χ1) is 7.81. The molecule has 3 heterocycles. The van der Waals surface area contributed by atoms with E-state index in [4.69, 9.17) is 0 Å². The molecular formula is C12H14BrN3. The molecule has 16 heavy (non-hydrogen) atoms. The minimum atomic E-state index is 0.985. The van der Waals surface area contributed by atoms with Crippen LogP contribution in [0.4, 0.5) is 0 Å². The number of hydrogen-bond acceptors (Lipinski definition) is 2. The van der Waals surface area contributed by atoms with E-state index in [1.165, 1.54) is 31.6 Å². The fraction of sp³-hybridized carbons (Fsp3) is 0.417. The Morgan fingerprint density at radius 3 is 2.94 bits per heavy atom. The standard InChI is InChI=1S/C12H14BrN3/c13-10-3-6-16-9-11(14-12(16)7-10)8-15-4-1-2-5-15/h3,6-7,9H,1-2,4-5,8H2. The van der Waals surface area contributed by atoms with Gasteiger partial charge in [-0.2, -0.15) is 0 Å². The third-order valence-electron chi connectivity index (χ3n) is 3.06. The van der Waals surface area contributed by atoms with Crippen LogP contribution in [0.5, 0.6) is 0 Å². The van der Waals surface area contributed by atoms with Crippen LogP contribution in [-0.2, 0) is 6.54 Å². The smallest absolute Gasteiger partial charge is 0.138 e. The summed E-state index contributed by atoms with van der Waals surface area (Å²) < 4.78 is 3.16. The van der Waals surface area contributed by atoms with Crippen LogP contribution in [0.2, 0.25) is 0 Å². The van der Waals surface area contributed by atoms with Gasteiger partial charge >= 0.3 is 0 Å². The first-order valence-electron chi connectivity index (χ1n) is 5.67. The number of nitrogens with zero attached hydrogens (tertiary/aromatic N) is 3. The lowest BCUT2D eigenvalue weighted by Gasteiger charge is -2.11. The molecule has 84 valence electrons. The van der Waals surface area contributed by atoms with Gasteiger partial charge in [0, 0.05) is 23.4 Å². The first-order valence-corrected chi connectivity index (χ1v) is 6.46. The van der Waals surface area contributed by atoms with Gasteiger partial charge in [-0.05, 0) is 38.1 Å². The molecule has 0 unspecified atom stereocenters. The van der Waals surface area contributed by atoms with Gasteiger partial charge < -0.3 is 4.40 Å². The molecular weight excluding hydrogens is 266 g/mol. The molecule has 0 saturated carbocycles. The topological polar surface area (TPSA) is 20.5 Å². The third-order valence-corrected chi connectivity index (χ3v) is 3.55. The van der Waals surface area contributed by atoms with Crippen LogP contribution in [0.25, 0.3) is 5.65 Å². The van der Waals surface area contributed by atoms with Crippen molar-refractivity contribution in [2.75, 3.05) is 13.1 Å². The monoisotopic (exact) mass is 279 g/mol. The summed E-state index contributed by atoms with van der Waals surface area (Å²) in [5.74, 6) is 0. The highest BCUT2D eigenvalue weighted by atomic mass is 79.9. The third kappa shape index (κ3) is 1.99. The van der Waals surface area contributed by atoms with Crippen molar-refractivity contribution < 1.29 is 0 Å². The van der Waals surface area contributed by atoms with Crippen LogP contribution in [0.1, 0.15) is 18.5 Å². The van der Waals surface area contributed by atoms with E-state index in [1.807, 2.05) is 18.3 Å². The van der Waals surface area contributed by atoms with Gasteiger partial charge in [0.25, 0.3) is 0 Å². The van der Waals surface area contributed by atoms with Gasteiger partial charge in [0.05, 0.1) is 5.69 Å². The van der Waals surface area contributed by atoms with E-state index in [-0.39, 0.29) is 0 Å². The number of rotatable bonds is 2. The van der Waals surface area contributed by atoms with E-state index in [0.717, 1.165) is 16.7 Å². The zero-order valence-electron chi connectivity index (χ0n) is 9.06. The van der Waals surface area contributed by atoms with E-state index in [0.29, 0.717) is 0 Å². The first kappa shape index (κ1) is 10.3. The largest absolute Gasteiger partial charge is 0.307 e. The van der Waals surface area contributed by atoms with Crippen LogP contribution in [-0.4, -0.2) is 27.4 Å². The number of fused-ring (bicyclic) bond motifs is 1. The van der Waals surface area contributed by atoms with Crippen LogP contribution >= 0.6 is 15.9 Å². The SMILES string of the molecule is Brc1ccn2cc(CN3CCCC3)nc2c1. The molecule has 0 spiro atoms. The lowest BCUT2D eigenvalue weighted by Crippen LogP contribution is -2.18. The van der Waals surface area contributed by atoms with Gasteiger partial charge in [-0.3, -0.25) is 4.90 Å². The van der Waals surface area contributed by atoms with Crippen molar-refractivity contribution >= 4 is 21.6 Å². The Morgan fingerprint density at radius 1 is 1.31 bits per heavy atom. The molecule has 1 saturated heterocycles. The van der Waals surface area contributed by atoms with Crippen molar-refractivity contribution in [3.05, 3.63) is 34.7 Å². The second kappa shape index (κ2) is 4.18. The highest BCUT2D eigenvalue weighted by Gasteiger charge is 2.13. The molecule has 0 radical (unpaired) electrons. The van der Waals surface area contributed by atoms with Crippen molar-refractivity contribution in [3.8, 4) is 0 Å². The zero-order chi connectivity index (χ0) is 11.0. The van der Waals surface area contributed by atoms with Gasteiger partial charge in [-0.25, -0.2) is 4.98 Å². The van der Waals surface area contributed by atoms with Crippen molar-refractivity contribution in [1.29, 1.82) is 0 Å². The second-order valence-electron chi connectivity index (χ2n) is 4.33. The minimum Gasteiger partial charge on any atom is -0.307 e. The number of halogens is 1. The summed E-state index contributed by atoms with van der Waals surface area (Å²) >= 11 is 3.47. The van der Waals surface area contributed by atoms with E-state index < -0.39 is 0 Å². The molecule has 0 aliphatic carbocycles. The number of pyridine rings is 1. The molecule has 0 N–H and O–H groups in total. The average molecular weight is 280 g/mol. The summed E-state index contributed by atoms with van der Waals surface area (Å²) in [5.41, 5.74) is 2.18. The minimum absolute atomic E-state index is 0.985. The Bertz CT molecular complexity index is 500. The lowest BCUT2D eigenvalue weighted by atomic mass is 10.4. The highest BCUT2D eigenvalue weighted by Crippen LogP contribution is 2.16. The molecule has 4 heteroatoms. The fourth-order valence-electron chi connectivity index (χ4n) is 2.26. The number of imidazole rings is 1. The van der Waals surface area contributed by atoms with E-state index in [2.05, 4.69) is 36.4 Å². The molecule has 2 aromatic heterocycles. The highest BCUT2D eigenvalue weighted by molar-refractivity contribution is 9.10. The molecule has 0 amide bonds. The van der Waals surface area contributed by atoms with Gasteiger partial charge in [-0.1, -0.05) is 15.9 Å². The molecule has 3 nitrogen and oxygen atoms in total. The quantitative estimate of drug-likeness (QED) is 0.843. The number of hydrogen-bond donors (Lipinski definition) is 0. The van der Waals surface area contributed by atoms with Crippen LogP contribution < -0.4 is 0 Å². The molecule has 2 aromatic rings. The molecule has 1 aliphatic rings. The average Bonchev–Trinajstić information content (AvgIpc) is 2.86. The van der Waals surface area contributed by atoms with Crippen LogP contribution in [0.15, 0.2) is 29.0 Å². The summed E-state index contributed by atoms with van der Waals surface area (Å²) in [6.45, 7) is 3.43. The summed E-state index contributed by atoms with van der Waals surface area (Å²) in [7, 11) is 0. The van der Waals surface area contributed by atoms with Crippen LogP contribution in [0.3, 0.4) is 0 Å². The molecule has 0 bridgehead atoms. The number of likely N-dealkylation sites (tertiary alicyclic amines) is 1. The van der Waals surface area contributed by atoms with Gasteiger partial charge in [-0.15, -0.1) is 0 Å². The predicted molar refractivity (Wildman–Crippen MR) is 67.4 cm³/mol. The van der Waals surface area contributed by atoms with Gasteiger partial charge in [0.2, 0.25) is 0 Å². The van der Waals surface area contributed by atoms with Crippen molar-refractivity contribution in [2.45, 2.75) is 19.4 Å². The molecule has 0 atom stereocenters. The second-order valence-corrected chi connectivity index (χ2v) is 5.24. The van der Waals surface area contributed by atoms with E-state index in [9.17, 15) is 0 Å². The molecule has 1 aliphatic heterocycles. The number of aromatic nitrogens is 2. The van der Waals surface area contributed by atoms with E-state index >= 15 is 0 Å². The Balaban J connectivity index is 1.86. The summed E-state index contributed by atoms with van der Waals surface area (Å²) in [4.78, 5) is 7.10. The normalized spacial score (nSPS) is 17.3. The Hall–Kier alpha value is -0.870. The van der Waals surface area contributed by atoms with Crippen molar-refractivity contribution in [2.24, 2.45) is 0 Å². The van der Waals surface area contributed by atoms with Crippen LogP contribution in [0, 0.1) is 0 Å². The zero-order valence-corrected chi connectivity index (χ0v) is 10.7. The predicted octanol–water partition coefficient (Wildman–Crippen LogP) is 2.69. The molecule has 0 aromatic carbocycles.